The van der Waals surface area contributed by atoms with Crippen LogP contribution in [0.4, 0.5) is 5.69 Å². The summed E-state index contributed by atoms with van der Waals surface area (Å²) in [5.41, 5.74) is 11.9. The fourth-order valence-corrected chi connectivity index (χ4v) is 2.81. The van der Waals surface area contributed by atoms with Crippen molar-refractivity contribution in [3.05, 3.63) is 91.0 Å². The minimum absolute atomic E-state index is 0.706. The van der Waals surface area contributed by atoms with Gasteiger partial charge in [0.25, 0.3) is 0 Å². The van der Waals surface area contributed by atoms with E-state index in [0.717, 1.165) is 28.2 Å². The molecular formula is C21H17N3. The largest absolute Gasteiger partial charge is 0.397 e. The third-order valence-electron chi connectivity index (χ3n) is 4.01. The first kappa shape index (κ1) is 14.3. The molecule has 4 rings (SSSR count). The van der Waals surface area contributed by atoms with Gasteiger partial charge in [0.05, 0.1) is 22.8 Å². The lowest BCUT2D eigenvalue weighted by Gasteiger charge is -2.09. The van der Waals surface area contributed by atoms with E-state index in [1.165, 1.54) is 0 Å². The molecule has 0 bridgehead atoms. The molecule has 1 aromatic heterocycles. The molecule has 3 nitrogen and oxygen atoms in total. The number of rotatable bonds is 3. The molecule has 1 heterocycles. The van der Waals surface area contributed by atoms with Crippen molar-refractivity contribution in [2.75, 3.05) is 5.73 Å². The van der Waals surface area contributed by atoms with Crippen LogP contribution in [0, 0.1) is 0 Å². The molecule has 0 unspecified atom stereocenters. The van der Waals surface area contributed by atoms with E-state index in [4.69, 9.17) is 10.8 Å². The monoisotopic (exact) mass is 311 g/mol. The van der Waals surface area contributed by atoms with Gasteiger partial charge in [-0.1, -0.05) is 72.8 Å². The van der Waals surface area contributed by atoms with E-state index >= 15 is 0 Å². The van der Waals surface area contributed by atoms with E-state index in [0.29, 0.717) is 5.69 Å². The van der Waals surface area contributed by atoms with Gasteiger partial charge in [-0.15, -0.1) is 0 Å². The molecule has 0 aliphatic rings. The van der Waals surface area contributed by atoms with E-state index in [2.05, 4.69) is 30.3 Å². The molecular weight excluding hydrogens is 294 g/mol. The maximum atomic E-state index is 6.19. The van der Waals surface area contributed by atoms with Crippen LogP contribution in [0.3, 0.4) is 0 Å². The highest BCUT2D eigenvalue weighted by molar-refractivity contribution is 5.72. The highest BCUT2D eigenvalue weighted by Gasteiger charge is 2.14. The summed E-state index contributed by atoms with van der Waals surface area (Å²) >= 11 is 0. The summed E-state index contributed by atoms with van der Waals surface area (Å²) in [5.74, 6) is 0. The van der Waals surface area contributed by atoms with Crippen LogP contribution in [0.1, 0.15) is 0 Å². The number of para-hydroxylation sites is 2. The predicted octanol–water partition coefficient (Wildman–Crippen LogP) is 4.79. The number of hydrogen-bond acceptors (Lipinski definition) is 2. The molecule has 0 amide bonds. The Morgan fingerprint density at radius 1 is 0.667 bits per heavy atom. The van der Waals surface area contributed by atoms with E-state index in [-0.39, 0.29) is 0 Å². The summed E-state index contributed by atoms with van der Waals surface area (Å²) in [6.45, 7) is 0. The van der Waals surface area contributed by atoms with Crippen LogP contribution in [-0.2, 0) is 0 Å². The number of benzene rings is 3. The molecule has 0 radical (unpaired) electrons. The lowest BCUT2D eigenvalue weighted by molar-refractivity contribution is 0.894. The zero-order chi connectivity index (χ0) is 16.4. The molecule has 4 aromatic rings. The van der Waals surface area contributed by atoms with E-state index < -0.39 is 0 Å². The number of hydrogen-bond donors (Lipinski definition) is 1. The first-order chi connectivity index (χ1) is 11.8. The predicted molar refractivity (Wildman–Crippen MR) is 98.8 cm³/mol. The van der Waals surface area contributed by atoms with Crippen LogP contribution in [-0.4, -0.2) is 9.78 Å². The Kier molecular flexibility index (Phi) is 3.60. The smallest absolute Gasteiger partial charge is 0.0934 e. The number of anilines is 1. The van der Waals surface area contributed by atoms with Gasteiger partial charge in [-0.05, 0) is 18.2 Å². The second-order valence-corrected chi connectivity index (χ2v) is 5.62. The van der Waals surface area contributed by atoms with E-state index in [9.17, 15) is 0 Å². The standard InChI is InChI=1S/C21H17N3/c22-18-13-7-8-14-20(18)24-21(17-11-5-2-6-12-17)15-19(23-24)16-9-3-1-4-10-16/h1-15H,22H2. The third kappa shape index (κ3) is 2.57. The van der Waals surface area contributed by atoms with Gasteiger partial charge in [-0.25, -0.2) is 4.68 Å². The van der Waals surface area contributed by atoms with Crippen LogP contribution in [0.15, 0.2) is 91.0 Å². The molecule has 0 saturated carbocycles. The summed E-state index contributed by atoms with van der Waals surface area (Å²) in [7, 11) is 0. The minimum Gasteiger partial charge on any atom is -0.397 e. The van der Waals surface area contributed by atoms with Crippen molar-refractivity contribution in [1.29, 1.82) is 0 Å². The molecule has 3 aromatic carbocycles. The average molecular weight is 311 g/mol. The fraction of sp³-hybridized carbons (Fsp3) is 0. The Bertz CT molecular complexity index is 957. The molecule has 24 heavy (non-hydrogen) atoms. The molecule has 3 heteroatoms. The minimum atomic E-state index is 0.706. The molecule has 2 N–H and O–H groups in total. The topological polar surface area (TPSA) is 43.8 Å². The molecule has 0 aliphatic carbocycles. The van der Waals surface area contributed by atoms with Crippen LogP contribution in [0.5, 0.6) is 0 Å². The fourth-order valence-electron chi connectivity index (χ4n) is 2.81. The maximum absolute atomic E-state index is 6.19. The zero-order valence-electron chi connectivity index (χ0n) is 13.1. The lowest BCUT2D eigenvalue weighted by atomic mass is 10.1. The Labute approximate surface area is 141 Å². The van der Waals surface area contributed by atoms with Gasteiger partial charge in [0.15, 0.2) is 0 Å². The van der Waals surface area contributed by atoms with Crippen molar-refractivity contribution in [2.24, 2.45) is 0 Å². The van der Waals surface area contributed by atoms with Crippen molar-refractivity contribution < 1.29 is 0 Å². The summed E-state index contributed by atoms with van der Waals surface area (Å²) in [6, 6.07) is 30.3. The highest BCUT2D eigenvalue weighted by atomic mass is 15.3. The van der Waals surface area contributed by atoms with E-state index in [1.807, 2.05) is 65.3 Å². The zero-order valence-corrected chi connectivity index (χ0v) is 13.1. The maximum Gasteiger partial charge on any atom is 0.0934 e. The molecule has 0 aliphatic heterocycles. The summed E-state index contributed by atoms with van der Waals surface area (Å²) in [6.07, 6.45) is 0. The Morgan fingerprint density at radius 3 is 1.92 bits per heavy atom. The van der Waals surface area contributed by atoms with E-state index in [1.54, 1.807) is 0 Å². The molecule has 0 fully saturated rings. The van der Waals surface area contributed by atoms with Crippen molar-refractivity contribution in [1.82, 2.24) is 9.78 Å². The second-order valence-electron chi connectivity index (χ2n) is 5.62. The van der Waals surface area contributed by atoms with Crippen LogP contribution in [0.25, 0.3) is 28.2 Å². The van der Waals surface area contributed by atoms with Crippen LogP contribution in [0.2, 0.25) is 0 Å². The van der Waals surface area contributed by atoms with Crippen molar-refractivity contribution in [2.45, 2.75) is 0 Å². The molecule has 0 spiro atoms. The van der Waals surface area contributed by atoms with Crippen molar-refractivity contribution >= 4 is 5.69 Å². The average Bonchev–Trinajstić information content (AvgIpc) is 3.09. The number of nitrogen functional groups attached to an aromatic ring is 1. The van der Waals surface area contributed by atoms with Gasteiger partial charge in [0.1, 0.15) is 0 Å². The van der Waals surface area contributed by atoms with Gasteiger partial charge in [0, 0.05) is 11.1 Å². The second kappa shape index (κ2) is 6.05. The Balaban J connectivity index is 1.94. The van der Waals surface area contributed by atoms with Gasteiger partial charge in [0.2, 0.25) is 0 Å². The lowest BCUT2D eigenvalue weighted by Crippen LogP contribution is -2.03. The molecule has 116 valence electrons. The van der Waals surface area contributed by atoms with Gasteiger partial charge < -0.3 is 5.73 Å². The molecule has 0 atom stereocenters. The third-order valence-corrected chi connectivity index (χ3v) is 4.01. The van der Waals surface area contributed by atoms with Crippen molar-refractivity contribution in [3.8, 4) is 28.2 Å². The van der Waals surface area contributed by atoms with Gasteiger partial charge >= 0.3 is 0 Å². The number of nitrogens with zero attached hydrogens (tertiary/aromatic N) is 2. The summed E-state index contributed by atoms with van der Waals surface area (Å²) in [4.78, 5) is 0. The van der Waals surface area contributed by atoms with Crippen molar-refractivity contribution in [3.63, 3.8) is 0 Å². The Hall–Kier alpha value is -3.33. The molecule has 0 saturated heterocycles. The highest BCUT2D eigenvalue weighted by Crippen LogP contribution is 2.30. The summed E-state index contributed by atoms with van der Waals surface area (Å²) < 4.78 is 1.92. The van der Waals surface area contributed by atoms with Gasteiger partial charge in [-0.3, -0.25) is 0 Å². The first-order valence-electron chi connectivity index (χ1n) is 7.89. The summed E-state index contributed by atoms with van der Waals surface area (Å²) in [5, 5.41) is 4.82. The quantitative estimate of drug-likeness (QED) is 0.553. The van der Waals surface area contributed by atoms with Gasteiger partial charge in [-0.2, -0.15) is 5.10 Å². The van der Waals surface area contributed by atoms with Crippen LogP contribution < -0.4 is 5.73 Å². The van der Waals surface area contributed by atoms with Crippen LogP contribution >= 0.6 is 0 Å². The SMILES string of the molecule is Nc1ccccc1-n1nc(-c2ccccc2)cc1-c1ccccc1. The number of aromatic nitrogens is 2. The number of nitrogens with two attached hydrogens (primary N) is 1. The first-order valence-corrected chi connectivity index (χ1v) is 7.89. The normalized spacial score (nSPS) is 10.7. The Morgan fingerprint density at radius 2 is 1.25 bits per heavy atom.